The highest BCUT2D eigenvalue weighted by Gasteiger charge is 2.21. The summed E-state index contributed by atoms with van der Waals surface area (Å²) in [5.74, 6) is -0.0398. The summed E-state index contributed by atoms with van der Waals surface area (Å²) in [6.07, 6.45) is 0. The van der Waals surface area contributed by atoms with Crippen LogP contribution in [0.4, 0.5) is 5.69 Å². The van der Waals surface area contributed by atoms with E-state index >= 15 is 0 Å². The Kier molecular flexibility index (Phi) is 7.47. The molecular weight excluding hydrogens is 374 g/mol. The van der Waals surface area contributed by atoms with E-state index in [2.05, 4.69) is 5.32 Å². The maximum Gasteiger partial charge on any atom is 0.279 e. The number of hydrogen-bond acceptors (Lipinski definition) is 4. The Hall–Kier alpha value is -2.35. The van der Waals surface area contributed by atoms with Crippen LogP contribution in [-0.2, 0) is 14.3 Å². The summed E-state index contributed by atoms with van der Waals surface area (Å²) >= 11 is 1.61. The van der Waals surface area contributed by atoms with Crippen LogP contribution in [0, 0.1) is 0 Å². The van der Waals surface area contributed by atoms with Gasteiger partial charge in [-0.05, 0) is 24.3 Å². The number of carbonyl (C=O) groups excluding carboxylic acids is 2. The number of carbonyl (C=O) groups is 2. The lowest BCUT2D eigenvalue weighted by atomic mass is 10.3. The smallest absolute Gasteiger partial charge is 0.279 e. The fourth-order valence-corrected chi connectivity index (χ4v) is 3.91. The van der Waals surface area contributed by atoms with Gasteiger partial charge in [-0.15, -0.1) is 0 Å². The minimum Gasteiger partial charge on any atom is -0.378 e. The SMILES string of the molecule is C[NH+](CC(=O)Nc1ccccc1Sc1ccccc1)CC(=O)N1CCOCC1. The van der Waals surface area contributed by atoms with E-state index in [4.69, 9.17) is 4.74 Å². The van der Waals surface area contributed by atoms with Crippen LogP contribution < -0.4 is 10.2 Å². The highest BCUT2D eigenvalue weighted by Crippen LogP contribution is 2.32. The Morgan fingerprint density at radius 3 is 2.46 bits per heavy atom. The molecule has 1 aliphatic heterocycles. The van der Waals surface area contributed by atoms with Gasteiger partial charge < -0.3 is 19.9 Å². The van der Waals surface area contributed by atoms with E-state index in [1.165, 1.54) is 0 Å². The zero-order chi connectivity index (χ0) is 19.8. The number of amides is 2. The third kappa shape index (κ3) is 6.09. The van der Waals surface area contributed by atoms with Crippen LogP contribution in [0.3, 0.4) is 0 Å². The second-order valence-electron chi connectivity index (χ2n) is 6.76. The van der Waals surface area contributed by atoms with E-state index in [0.29, 0.717) is 32.8 Å². The molecule has 2 aromatic rings. The third-order valence-electron chi connectivity index (χ3n) is 4.41. The molecule has 0 saturated carbocycles. The topological polar surface area (TPSA) is 63.1 Å². The maximum absolute atomic E-state index is 12.5. The minimum atomic E-state index is -0.103. The van der Waals surface area contributed by atoms with Crippen molar-refractivity contribution in [1.82, 2.24) is 4.90 Å². The molecule has 6 nitrogen and oxygen atoms in total. The van der Waals surface area contributed by atoms with E-state index < -0.39 is 0 Å². The second-order valence-corrected chi connectivity index (χ2v) is 7.88. The average molecular weight is 401 g/mol. The predicted octanol–water partition coefficient (Wildman–Crippen LogP) is 1.15. The highest BCUT2D eigenvalue weighted by molar-refractivity contribution is 7.99. The van der Waals surface area contributed by atoms with Gasteiger partial charge in [0.25, 0.3) is 11.8 Å². The Morgan fingerprint density at radius 2 is 1.71 bits per heavy atom. The van der Waals surface area contributed by atoms with Crippen molar-refractivity contribution in [3.8, 4) is 0 Å². The van der Waals surface area contributed by atoms with Crippen molar-refractivity contribution in [1.29, 1.82) is 0 Å². The molecular formula is C21H26N3O3S+. The molecule has 1 unspecified atom stereocenters. The standard InChI is InChI=1S/C21H25N3O3S/c1-23(16-21(26)24-11-13-27-14-12-24)15-20(25)22-18-9-5-6-10-19(18)28-17-7-3-2-4-8-17/h2-10H,11-16H2,1H3,(H,22,25)/p+1. The Morgan fingerprint density at radius 1 is 1.04 bits per heavy atom. The molecule has 148 valence electrons. The normalized spacial score (nSPS) is 15.1. The van der Waals surface area contributed by atoms with Crippen LogP contribution in [0.5, 0.6) is 0 Å². The van der Waals surface area contributed by atoms with Gasteiger partial charge in [0.2, 0.25) is 0 Å². The molecule has 0 aromatic heterocycles. The predicted molar refractivity (Wildman–Crippen MR) is 110 cm³/mol. The number of quaternary nitrogens is 1. The summed E-state index contributed by atoms with van der Waals surface area (Å²) in [5.41, 5.74) is 0.786. The quantitative estimate of drug-likeness (QED) is 0.732. The summed E-state index contributed by atoms with van der Waals surface area (Å²) in [4.78, 5) is 29.6. The largest absolute Gasteiger partial charge is 0.378 e. The number of hydrogen-bond donors (Lipinski definition) is 2. The number of ether oxygens (including phenoxy) is 1. The van der Waals surface area contributed by atoms with Crippen molar-refractivity contribution in [2.75, 3.05) is 51.8 Å². The molecule has 1 heterocycles. The summed E-state index contributed by atoms with van der Waals surface area (Å²) in [5, 5.41) is 2.99. The molecule has 2 N–H and O–H groups in total. The number of benzene rings is 2. The Balaban J connectivity index is 1.53. The Bertz CT molecular complexity index is 794. The lowest BCUT2D eigenvalue weighted by Crippen LogP contribution is -3.11. The fourth-order valence-electron chi connectivity index (χ4n) is 2.99. The van der Waals surface area contributed by atoms with Crippen LogP contribution >= 0.6 is 11.8 Å². The molecule has 1 atom stereocenters. The molecule has 7 heteroatoms. The number of morpholine rings is 1. The lowest BCUT2D eigenvalue weighted by Gasteiger charge is -2.27. The summed E-state index contributed by atoms with van der Waals surface area (Å²) in [6.45, 7) is 2.96. The van der Waals surface area contributed by atoms with Crippen LogP contribution in [0.25, 0.3) is 0 Å². The molecule has 3 rings (SSSR count). The number of nitrogens with zero attached hydrogens (tertiary/aromatic N) is 1. The molecule has 28 heavy (non-hydrogen) atoms. The van der Waals surface area contributed by atoms with Gasteiger partial charge in [0, 0.05) is 22.9 Å². The average Bonchev–Trinajstić information content (AvgIpc) is 2.70. The first kappa shape index (κ1) is 20.4. The fraction of sp³-hybridized carbons (Fsp3) is 0.333. The molecule has 2 amide bonds. The van der Waals surface area contributed by atoms with Gasteiger partial charge in [0.15, 0.2) is 13.1 Å². The molecule has 2 aromatic carbocycles. The van der Waals surface area contributed by atoms with Crippen molar-refractivity contribution in [3.63, 3.8) is 0 Å². The van der Waals surface area contributed by atoms with Gasteiger partial charge in [0.1, 0.15) is 0 Å². The van der Waals surface area contributed by atoms with Gasteiger partial charge in [-0.1, -0.05) is 42.1 Å². The zero-order valence-electron chi connectivity index (χ0n) is 16.0. The van der Waals surface area contributed by atoms with E-state index in [1.54, 1.807) is 16.7 Å². The number of likely N-dealkylation sites (N-methyl/N-ethyl adjacent to an activating group) is 1. The van der Waals surface area contributed by atoms with Crippen LogP contribution in [0.1, 0.15) is 0 Å². The van der Waals surface area contributed by atoms with E-state index in [0.717, 1.165) is 20.4 Å². The zero-order valence-corrected chi connectivity index (χ0v) is 16.8. The van der Waals surface area contributed by atoms with Gasteiger partial charge >= 0.3 is 0 Å². The van der Waals surface area contributed by atoms with Crippen LogP contribution in [-0.4, -0.2) is 63.2 Å². The summed E-state index contributed by atoms with van der Waals surface area (Å²) in [6, 6.07) is 17.8. The molecule has 1 fully saturated rings. The van der Waals surface area contributed by atoms with Gasteiger partial charge in [0.05, 0.1) is 25.9 Å². The second kappa shape index (κ2) is 10.3. The van der Waals surface area contributed by atoms with Gasteiger partial charge in [-0.25, -0.2) is 0 Å². The summed E-state index contributed by atoms with van der Waals surface area (Å²) < 4.78 is 5.27. The minimum absolute atomic E-state index is 0.0635. The molecule has 0 aliphatic carbocycles. The van der Waals surface area contributed by atoms with Crippen molar-refractivity contribution in [2.24, 2.45) is 0 Å². The number of anilines is 1. The first-order valence-electron chi connectivity index (χ1n) is 9.40. The van der Waals surface area contributed by atoms with Crippen molar-refractivity contribution in [2.45, 2.75) is 9.79 Å². The van der Waals surface area contributed by atoms with Gasteiger partial charge in [-0.3, -0.25) is 9.59 Å². The first-order chi connectivity index (χ1) is 13.6. The molecule has 0 radical (unpaired) electrons. The lowest BCUT2D eigenvalue weighted by molar-refractivity contribution is -0.862. The number of rotatable bonds is 7. The van der Waals surface area contributed by atoms with Gasteiger partial charge in [-0.2, -0.15) is 0 Å². The molecule has 0 bridgehead atoms. The van der Waals surface area contributed by atoms with Crippen molar-refractivity contribution >= 4 is 29.3 Å². The molecule has 1 aliphatic rings. The maximum atomic E-state index is 12.5. The van der Waals surface area contributed by atoms with E-state index in [9.17, 15) is 9.59 Å². The van der Waals surface area contributed by atoms with Crippen LogP contribution in [0.2, 0.25) is 0 Å². The van der Waals surface area contributed by atoms with Crippen molar-refractivity contribution < 1.29 is 19.2 Å². The Labute approximate surface area is 169 Å². The van der Waals surface area contributed by atoms with E-state index in [1.807, 2.05) is 61.6 Å². The monoisotopic (exact) mass is 400 g/mol. The molecule has 1 saturated heterocycles. The highest BCUT2D eigenvalue weighted by atomic mass is 32.2. The van der Waals surface area contributed by atoms with E-state index in [-0.39, 0.29) is 18.4 Å². The van der Waals surface area contributed by atoms with Crippen LogP contribution in [0.15, 0.2) is 64.4 Å². The molecule has 0 spiro atoms. The summed E-state index contributed by atoms with van der Waals surface area (Å²) in [7, 11) is 1.86. The number of nitrogens with one attached hydrogen (secondary N) is 2. The number of para-hydroxylation sites is 1. The first-order valence-corrected chi connectivity index (χ1v) is 10.2. The van der Waals surface area contributed by atoms with Crippen molar-refractivity contribution in [3.05, 3.63) is 54.6 Å². The third-order valence-corrected chi connectivity index (χ3v) is 5.50.